The van der Waals surface area contributed by atoms with Gasteiger partial charge in [-0.15, -0.1) is 11.3 Å². The van der Waals surface area contributed by atoms with Crippen molar-refractivity contribution in [1.82, 2.24) is 10.3 Å². The lowest BCUT2D eigenvalue weighted by atomic mass is 10.0. The van der Waals surface area contributed by atoms with E-state index in [0.29, 0.717) is 12.1 Å². The van der Waals surface area contributed by atoms with Crippen molar-refractivity contribution in [2.24, 2.45) is 0 Å². The molecule has 0 aliphatic rings. The first kappa shape index (κ1) is 12.6. The molecule has 15 heavy (non-hydrogen) atoms. The minimum atomic E-state index is 0.294. The van der Waals surface area contributed by atoms with Crippen molar-refractivity contribution in [2.45, 2.75) is 38.8 Å². The molecule has 2 atom stereocenters. The molecular weight excluding hydrogens is 208 g/mol. The molecule has 1 aromatic rings. The number of thiazole rings is 1. The van der Waals surface area contributed by atoms with Crippen LogP contribution in [0.5, 0.6) is 0 Å². The van der Waals surface area contributed by atoms with Gasteiger partial charge in [-0.3, -0.25) is 4.98 Å². The summed E-state index contributed by atoms with van der Waals surface area (Å²) in [6, 6.07) is 0.385. The molecule has 1 heterocycles. The molecule has 0 spiro atoms. The van der Waals surface area contributed by atoms with Gasteiger partial charge in [0.25, 0.3) is 0 Å². The Hall–Kier alpha value is -0.450. The number of likely N-dealkylation sites (N-methyl/N-ethyl adjacent to an activating group) is 1. The summed E-state index contributed by atoms with van der Waals surface area (Å²) < 4.78 is 5.71. The summed E-state index contributed by atoms with van der Waals surface area (Å²) in [7, 11) is 1.99. The molecule has 0 aliphatic heterocycles. The largest absolute Gasteiger partial charge is 0.377 e. The third-order valence-corrected chi connectivity index (χ3v) is 3.31. The predicted octanol–water partition coefficient (Wildman–Crippen LogP) is 2.09. The second-order valence-corrected chi connectivity index (χ2v) is 4.44. The van der Waals surface area contributed by atoms with Crippen molar-refractivity contribution in [1.29, 1.82) is 0 Å². The van der Waals surface area contributed by atoms with E-state index in [2.05, 4.69) is 17.2 Å². The Bertz CT molecular complexity index is 251. The van der Waals surface area contributed by atoms with Gasteiger partial charge in [-0.25, -0.2) is 0 Å². The summed E-state index contributed by atoms with van der Waals surface area (Å²) in [5.74, 6) is 0. The van der Waals surface area contributed by atoms with Gasteiger partial charge in [0.1, 0.15) is 0 Å². The first-order valence-corrected chi connectivity index (χ1v) is 6.36. The van der Waals surface area contributed by atoms with Crippen LogP contribution in [-0.4, -0.2) is 30.8 Å². The Morgan fingerprint density at radius 1 is 1.53 bits per heavy atom. The summed E-state index contributed by atoms with van der Waals surface area (Å²) >= 11 is 1.71. The summed E-state index contributed by atoms with van der Waals surface area (Å²) in [6.07, 6.45) is 4.27. The molecule has 0 radical (unpaired) electrons. The van der Waals surface area contributed by atoms with Crippen molar-refractivity contribution in [3.05, 3.63) is 16.6 Å². The number of rotatable bonds is 7. The molecule has 2 unspecified atom stereocenters. The van der Waals surface area contributed by atoms with Crippen LogP contribution >= 0.6 is 11.3 Å². The van der Waals surface area contributed by atoms with Crippen LogP contribution in [0.4, 0.5) is 0 Å². The molecule has 1 N–H and O–H groups in total. The molecule has 3 nitrogen and oxygen atoms in total. The highest BCUT2D eigenvalue weighted by molar-refractivity contribution is 7.09. The fourth-order valence-electron chi connectivity index (χ4n) is 1.71. The van der Waals surface area contributed by atoms with Gasteiger partial charge in [0, 0.05) is 30.1 Å². The maximum absolute atomic E-state index is 5.71. The molecule has 4 heteroatoms. The van der Waals surface area contributed by atoms with Crippen molar-refractivity contribution < 1.29 is 4.74 Å². The lowest BCUT2D eigenvalue weighted by Gasteiger charge is -2.25. The van der Waals surface area contributed by atoms with E-state index < -0.39 is 0 Å². The van der Waals surface area contributed by atoms with Crippen LogP contribution in [0.15, 0.2) is 11.7 Å². The molecular formula is C11H20N2OS. The van der Waals surface area contributed by atoms with Crippen molar-refractivity contribution in [3.63, 3.8) is 0 Å². The molecule has 0 aliphatic carbocycles. The quantitative estimate of drug-likeness (QED) is 0.776. The molecule has 0 saturated carbocycles. The van der Waals surface area contributed by atoms with Gasteiger partial charge in [0.15, 0.2) is 0 Å². The highest BCUT2D eigenvalue weighted by atomic mass is 32.1. The van der Waals surface area contributed by atoms with E-state index in [1.54, 1.807) is 11.3 Å². The minimum Gasteiger partial charge on any atom is -0.377 e. The second kappa shape index (κ2) is 6.93. The van der Waals surface area contributed by atoms with Crippen molar-refractivity contribution in [3.8, 4) is 0 Å². The monoisotopic (exact) mass is 228 g/mol. The number of nitrogens with one attached hydrogen (secondary N) is 1. The standard InChI is InChI=1S/C11H20N2OS/c1-4-11(14-5-2)10(12-3)6-9-7-13-8-15-9/h7-8,10-12H,4-6H2,1-3H3. The number of nitrogens with zero attached hydrogens (tertiary/aromatic N) is 1. The maximum atomic E-state index is 5.71. The van der Waals surface area contributed by atoms with Crippen LogP contribution in [0.25, 0.3) is 0 Å². The van der Waals surface area contributed by atoms with Gasteiger partial charge >= 0.3 is 0 Å². The van der Waals surface area contributed by atoms with E-state index in [9.17, 15) is 0 Å². The number of aromatic nitrogens is 1. The maximum Gasteiger partial charge on any atom is 0.0794 e. The first-order chi connectivity index (χ1) is 7.31. The molecule has 0 fully saturated rings. The summed E-state index contributed by atoms with van der Waals surface area (Å²) in [5.41, 5.74) is 1.88. The van der Waals surface area contributed by atoms with Gasteiger partial charge in [-0.05, 0) is 20.4 Å². The van der Waals surface area contributed by atoms with E-state index in [1.807, 2.05) is 25.7 Å². The normalized spacial score (nSPS) is 15.1. The topological polar surface area (TPSA) is 34.1 Å². The predicted molar refractivity (Wildman–Crippen MR) is 64.4 cm³/mol. The van der Waals surface area contributed by atoms with Crippen LogP contribution in [0.1, 0.15) is 25.1 Å². The zero-order valence-electron chi connectivity index (χ0n) is 9.69. The Balaban J connectivity index is 2.53. The molecule has 0 bridgehead atoms. The van der Waals surface area contributed by atoms with Gasteiger partial charge < -0.3 is 10.1 Å². The minimum absolute atomic E-state index is 0.294. The van der Waals surface area contributed by atoms with E-state index in [0.717, 1.165) is 19.4 Å². The van der Waals surface area contributed by atoms with E-state index in [1.165, 1.54) is 4.88 Å². The highest BCUT2D eigenvalue weighted by Crippen LogP contribution is 2.13. The fraction of sp³-hybridized carbons (Fsp3) is 0.727. The number of ether oxygens (including phenoxy) is 1. The Morgan fingerprint density at radius 2 is 2.33 bits per heavy atom. The SMILES string of the molecule is CCOC(CC)C(Cc1cncs1)NC. The zero-order valence-corrected chi connectivity index (χ0v) is 10.5. The van der Waals surface area contributed by atoms with Crippen molar-refractivity contribution in [2.75, 3.05) is 13.7 Å². The second-order valence-electron chi connectivity index (χ2n) is 3.47. The van der Waals surface area contributed by atoms with Crippen LogP contribution in [-0.2, 0) is 11.2 Å². The number of hydrogen-bond acceptors (Lipinski definition) is 4. The number of hydrogen-bond donors (Lipinski definition) is 1. The molecule has 0 amide bonds. The Labute approximate surface area is 95.9 Å². The third kappa shape index (κ3) is 3.89. The summed E-state index contributed by atoms with van der Waals surface area (Å²) in [6.45, 7) is 4.98. The fourth-order valence-corrected chi connectivity index (χ4v) is 2.37. The summed E-state index contributed by atoms with van der Waals surface area (Å²) in [5, 5.41) is 3.33. The first-order valence-electron chi connectivity index (χ1n) is 5.48. The Kier molecular flexibility index (Phi) is 5.83. The van der Waals surface area contributed by atoms with Crippen LogP contribution < -0.4 is 5.32 Å². The molecule has 0 aromatic carbocycles. The average molecular weight is 228 g/mol. The van der Waals surface area contributed by atoms with E-state index in [-0.39, 0.29) is 0 Å². The van der Waals surface area contributed by atoms with Crippen LogP contribution in [0.3, 0.4) is 0 Å². The van der Waals surface area contributed by atoms with Gasteiger partial charge in [-0.2, -0.15) is 0 Å². The van der Waals surface area contributed by atoms with Crippen molar-refractivity contribution >= 4 is 11.3 Å². The van der Waals surface area contributed by atoms with Gasteiger partial charge in [-0.1, -0.05) is 6.92 Å². The zero-order chi connectivity index (χ0) is 11.1. The molecule has 86 valence electrons. The van der Waals surface area contributed by atoms with Gasteiger partial charge in [0.05, 0.1) is 11.6 Å². The molecule has 1 rings (SSSR count). The van der Waals surface area contributed by atoms with Crippen LogP contribution in [0, 0.1) is 0 Å². The lowest BCUT2D eigenvalue weighted by molar-refractivity contribution is 0.0341. The average Bonchev–Trinajstić information content (AvgIpc) is 2.75. The van der Waals surface area contributed by atoms with E-state index in [4.69, 9.17) is 4.74 Å². The highest BCUT2D eigenvalue weighted by Gasteiger charge is 2.19. The van der Waals surface area contributed by atoms with Crippen LogP contribution in [0.2, 0.25) is 0 Å². The smallest absolute Gasteiger partial charge is 0.0794 e. The summed E-state index contributed by atoms with van der Waals surface area (Å²) in [4.78, 5) is 5.40. The van der Waals surface area contributed by atoms with E-state index >= 15 is 0 Å². The Morgan fingerprint density at radius 3 is 2.80 bits per heavy atom. The molecule has 0 saturated heterocycles. The molecule has 1 aromatic heterocycles. The third-order valence-electron chi connectivity index (χ3n) is 2.51. The lowest BCUT2D eigenvalue weighted by Crippen LogP contribution is -2.40. The van der Waals surface area contributed by atoms with Gasteiger partial charge in [0.2, 0.25) is 0 Å².